The Labute approximate surface area is 281 Å². The number of rotatable bonds is 12. The van der Waals surface area contributed by atoms with Crippen LogP contribution in [0.15, 0.2) is 42.5 Å². The number of benzene rings is 2. The molecule has 0 saturated heterocycles. The Morgan fingerprint density at radius 1 is 0.938 bits per heavy atom. The summed E-state index contributed by atoms with van der Waals surface area (Å²) in [6, 6.07) is 13.9. The van der Waals surface area contributed by atoms with Crippen LogP contribution in [0.4, 0.5) is 28.4 Å². The van der Waals surface area contributed by atoms with Gasteiger partial charge >= 0.3 is 18.4 Å². The van der Waals surface area contributed by atoms with Crippen molar-refractivity contribution in [2.24, 2.45) is 0 Å². The lowest BCUT2D eigenvalue weighted by atomic mass is 10.1. The zero-order valence-corrected chi connectivity index (χ0v) is 30.4. The van der Waals surface area contributed by atoms with E-state index in [9.17, 15) is 22.8 Å². The minimum Gasteiger partial charge on any atom is -0.492 e. The molecule has 266 valence electrons. The molecule has 2 N–H and O–H groups in total. The highest BCUT2D eigenvalue weighted by Gasteiger charge is 2.39. The van der Waals surface area contributed by atoms with Crippen molar-refractivity contribution in [1.29, 1.82) is 0 Å². The van der Waals surface area contributed by atoms with E-state index in [1.807, 2.05) is 18.2 Å². The topological polar surface area (TPSA) is 118 Å². The first-order valence-corrected chi connectivity index (χ1v) is 18.7. The minimum atomic E-state index is -4.81. The summed E-state index contributed by atoms with van der Waals surface area (Å²) in [4.78, 5) is 27.8. The molecule has 0 fully saturated rings. The Bertz CT molecular complexity index is 1550. The van der Waals surface area contributed by atoms with Crippen LogP contribution in [-0.4, -0.2) is 66.1 Å². The highest BCUT2D eigenvalue weighted by atomic mass is 28.4. The third-order valence-electron chi connectivity index (χ3n) is 7.76. The molecule has 0 radical (unpaired) electrons. The maximum Gasteiger partial charge on any atom is 0.435 e. The minimum absolute atomic E-state index is 0.0427. The Kier molecular flexibility index (Phi) is 12.2. The summed E-state index contributed by atoms with van der Waals surface area (Å²) < 4.78 is 65.9. The van der Waals surface area contributed by atoms with E-state index in [4.69, 9.17) is 24.4 Å². The van der Waals surface area contributed by atoms with Gasteiger partial charge in [0.2, 0.25) is 0 Å². The predicted octanol–water partition coefficient (Wildman–Crippen LogP) is 8.80. The van der Waals surface area contributed by atoms with Crippen LogP contribution in [-0.2, 0) is 20.1 Å². The number of aromatic nitrogens is 2. The third kappa shape index (κ3) is 10.4. The summed E-state index contributed by atoms with van der Waals surface area (Å²) in [5.74, 6) is 0.170. The van der Waals surface area contributed by atoms with Crippen molar-refractivity contribution in [3.8, 4) is 5.75 Å². The molecule has 0 bridgehead atoms. The number of nitrogens with zero attached hydrogens (tertiary/aromatic N) is 3. The number of nitrogen functional groups attached to an aromatic ring is 1. The fourth-order valence-corrected chi connectivity index (χ4v) is 7.98. The van der Waals surface area contributed by atoms with Crippen molar-refractivity contribution >= 4 is 37.1 Å². The van der Waals surface area contributed by atoms with Gasteiger partial charge in [-0.05, 0) is 89.5 Å². The van der Waals surface area contributed by atoms with Gasteiger partial charge in [-0.15, -0.1) is 0 Å². The van der Waals surface area contributed by atoms with Crippen molar-refractivity contribution in [3.05, 3.63) is 53.7 Å². The van der Waals surface area contributed by atoms with Gasteiger partial charge in [-0.3, -0.25) is 0 Å². The van der Waals surface area contributed by atoms with Crippen LogP contribution in [0.2, 0.25) is 18.1 Å². The van der Waals surface area contributed by atoms with Crippen LogP contribution in [0.25, 0.3) is 10.9 Å². The summed E-state index contributed by atoms with van der Waals surface area (Å²) >= 11 is 0. The van der Waals surface area contributed by atoms with Gasteiger partial charge in [0.15, 0.2) is 14.0 Å². The van der Waals surface area contributed by atoms with Crippen molar-refractivity contribution < 1.29 is 41.4 Å². The van der Waals surface area contributed by atoms with E-state index in [0.717, 1.165) is 23.7 Å². The summed E-state index contributed by atoms with van der Waals surface area (Å²) in [5, 5.41) is 3.26. The second-order valence-corrected chi connectivity index (χ2v) is 18.4. The fraction of sp³-hybridized carbons (Fsp3) is 0.559. The number of hydrogen-bond donors (Lipinski definition) is 1. The molecule has 10 nitrogen and oxygen atoms in total. The maximum atomic E-state index is 13.8. The molecule has 48 heavy (non-hydrogen) atoms. The first-order chi connectivity index (χ1) is 22.2. The quantitative estimate of drug-likeness (QED) is 0.148. The molecule has 0 aliphatic carbocycles. The molecular weight excluding hydrogens is 645 g/mol. The molecule has 0 aliphatic heterocycles. The number of amides is 1. The number of carbonyl (C=O) groups excluding carboxylic acids is 2. The average molecular weight is 695 g/mol. The number of hydrogen-bond acceptors (Lipinski definition) is 8. The van der Waals surface area contributed by atoms with Gasteiger partial charge in [0.05, 0.1) is 24.7 Å². The average Bonchev–Trinajstić information content (AvgIpc) is 3.37. The van der Waals surface area contributed by atoms with Crippen molar-refractivity contribution in [2.75, 3.05) is 25.4 Å². The van der Waals surface area contributed by atoms with Crippen LogP contribution in [0, 0.1) is 0 Å². The zero-order valence-electron chi connectivity index (χ0n) is 29.4. The Balaban J connectivity index is 1.94. The molecule has 0 aliphatic rings. The molecule has 2 aromatic carbocycles. The first kappa shape index (κ1) is 38.7. The van der Waals surface area contributed by atoms with Crippen molar-refractivity contribution in [3.63, 3.8) is 0 Å². The molecule has 1 heterocycles. The fourth-order valence-electron chi connectivity index (χ4n) is 5.17. The van der Waals surface area contributed by atoms with E-state index in [-0.39, 0.29) is 36.3 Å². The zero-order chi connectivity index (χ0) is 36.1. The number of anilines is 1. The largest absolute Gasteiger partial charge is 0.492 e. The molecule has 1 aromatic heterocycles. The molecule has 1 unspecified atom stereocenters. The molecular formula is C34H49F3N4O6Si. The van der Waals surface area contributed by atoms with E-state index in [2.05, 4.69) is 25.9 Å². The number of alkyl halides is 3. The summed E-state index contributed by atoms with van der Waals surface area (Å²) in [6.45, 7) is 16.7. The molecule has 0 saturated carbocycles. The lowest BCUT2D eigenvalue weighted by Gasteiger charge is -2.36. The Morgan fingerprint density at radius 2 is 1.56 bits per heavy atom. The summed E-state index contributed by atoms with van der Waals surface area (Å²) in [5.41, 5.74) is 4.44. The third-order valence-corrected chi connectivity index (χ3v) is 12.4. The highest BCUT2D eigenvalue weighted by Crippen LogP contribution is 2.36. The number of carbonyl (C=O) groups is 2. The van der Waals surface area contributed by atoms with E-state index in [1.54, 1.807) is 47.6 Å². The SMILES string of the molecule is CC[Si](CC)(CC)OC(CN(CCOc1ccc2c(C(F)(F)F)nn(C(=O)OC(C)(C)C)c2c1)C(=O)OC(C)(C)C)c1cccc(N)c1. The molecule has 0 spiro atoms. The molecule has 1 amide bonds. The molecule has 1 atom stereocenters. The van der Waals surface area contributed by atoms with Crippen molar-refractivity contribution in [2.45, 2.75) is 104 Å². The van der Waals surface area contributed by atoms with E-state index in [1.165, 1.54) is 23.1 Å². The summed E-state index contributed by atoms with van der Waals surface area (Å²) in [7, 11) is -2.16. The van der Waals surface area contributed by atoms with Gasteiger partial charge in [0, 0.05) is 17.1 Å². The first-order valence-electron chi connectivity index (χ1n) is 16.2. The van der Waals surface area contributed by atoms with E-state index < -0.39 is 49.7 Å². The van der Waals surface area contributed by atoms with Gasteiger partial charge in [0.1, 0.15) is 23.6 Å². The molecule has 3 aromatic rings. The molecule has 3 rings (SSSR count). The van der Waals surface area contributed by atoms with Crippen LogP contribution in [0.1, 0.15) is 79.7 Å². The number of fused-ring (bicyclic) bond motifs is 1. The predicted molar refractivity (Wildman–Crippen MR) is 182 cm³/mol. The monoisotopic (exact) mass is 694 g/mol. The lowest BCUT2D eigenvalue weighted by molar-refractivity contribution is -0.140. The highest BCUT2D eigenvalue weighted by molar-refractivity contribution is 6.73. The maximum absolute atomic E-state index is 13.8. The normalized spacial score (nSPS) is 13.3. The van der Waals surface area contributed by atoms with Crippen LogP contribution >= 0.6 is 0 Å². The van der Waals surface area contributed by atoms with Crippen LogP contribution in [0.5, 0.6) is 5.75 Å². The van der Waals surface area contributed by atoms with E-state index in [0.29, 0.717) is 10.4 Å². The Morgan fingerprint density at radius 3 is 2.10 bits per heavy atom. The van der Waals surface area contributed by atoms with Gasteiger partial charge in [-0.1, -0.05) is 32.9 Å². The Hall–Kier alpha value is -3.78. The van der Waals surface area contributed by atoms with Crippen LogP contribution < -0.4 is 10.5 Å². The lowest BCUT2D eigenvalue weighted by Crippen LogP contribution is -2.45. The number of ether oxygens (including phenoxy) is 3. The van der Waals surface area contributed by atoms with Crippen molar-refractivity contribution in [1.82, 2.24) is 14.7 Å². The number of nitrogens with two attached hydrogens (primary N) is 1. The smallest absolute Gasteiger partial charge is 0.435 e. The second-order valence-electron chi connectivity index (χ2n) is 13.7. The van der Waals surface area contributed by atoms with Gasteiger partial charge < -0.3 is 29.3 Å². The van der Waals surface area contributed by atoms with Gasteiger partial charge in [0.25, 0.3) is 0 Å². The second kappa shape index (κ2) is 15.2. The standard InChI is InChI=1S/C34H49F3N4O6Si/c1-10-48(11-2,12-3)47-28(23-14-13-15-24(38)20-23)22-40(30(42)45-32(4,5)6)18-19-44-25-16-17-26-27(21-25)41(31(43)46-33(7,8)9)39-29(26)34(35,36)37/h13-17,20-21,28H,10-12,18-19,22,38H2,1-9H3. The van der Waals surface area contributed by atoms with Gasteiger partial charge in [-0.25, -0.2) is 9.59 Å². The number of halogens is 3. The summed E-state index contributed by atoms with van der Waals surface area (Å²) in [6.07, 6.45) is -6.94. The van der Waals surface area contributed by atoms with Crippen LogP contribution in [0.3, 0.4) is 0 Å². The van der Waals surface area contributed by atoms with E-state index >= 15 is 0 Å². The molecule has 14 heteroatoms. The van der Waals surface area contributed by atoms with Gasteiger partial charge in [-0.2, -0.15) is 23.0 Å².